The molecule has 392 valence electrons. The molecule has 0 radical (unpaired) electrons. The molecule has 1 aliphatic rings. The van der Waals surface area contributed by atoms with Crippen molar-refractivity contribution in [1.29, 1.82) is 0 Å². The quantitative estimate of drug-likeness (QED) is 0.0197. The molecule has 0 aromatic rings. The van der Waals surface area contributed by atoms with Crippen LogP contribution in [0.5, 0.6) is 0 Å². The Morgan fingerprint density at radius 3 is 1.36 bits per heavy atom. The molecule has 0 aromatic heterocycles. The number of ether oxygens (including phenoxy) is 4. The summed E-state index contributed by atoms with van der Waals surface area (Å²) in [5.74, 6) is -0.402. The summed E-state index contributed by atoms with van der Waals surface area (Å²) in [6.07, 6.45) is 42.6. The lowest BCUT2D eigenvalue weighted by Crippen LogP contribution is -2.60. The van der Waals surface area contributed by atoms with Crippen LogP contribution in [0.25, 0.3) is 0 Å². The number of rotatable bonds is 49. The second-order valence-corrected chi connectivity index (χ2v) is 20.2. The van der Waals surface area contributed by atoms with Crippen LogP contribution >= 0.6 is 0 Å². The molecule has 4 N–H and O–H groups in total. The van der Waals surface area contributed by atoms with E-state index < -0.39 is 59.8 Å². The van der Waals surface area contributed by atoms with Crippen LogP contribution in [0.2, 0.25) is 0 Å². The molecule has 1 aliphatic heterocycles. The highest BCUT2D eigenvalue weighted by molar-refractivity contribution is 7.80. The highest BCUT2D eigenvalue weighted by Crippen LogP contribution is 2.26. The number of allylic oxidation sites excluding steroid dienone is 2. The van der Waals surface area contributed by atoms with Gasteiger partial charge in [-0.05, 0) is 38.5 Å². The fourth-order valence-electron chi connectivity index (χ4n) is 8.73. The number of aliphatic hydroxyl groups is 3. The first-order valence-electron chi connectivity index (χ1n) is 27.4. The maximum absolute atomic E-state index is 12.9. The monoisotopic (exact) mass is 963 g/mol. The van der Waals surface area contributed by atoms with Gasteiger partial charge in [-0.2, -0.15) is 8.42 Å². The molecule has 1 saturated heterocycles. The molecule has 0 aliphatic carbocycles. The predicted octanol–water partition coefficient (Wildman–Crippen LogP) is 13.0. The summed E-state index contributed by atoms with van der Waals surface area (Å²) in [6.45, 7) is 4.03. The van der Waals surface area contributed by atoms with Crippen LogP contribution in [0.1, 0.15) is 258 Å². The van der Waals surface area contributed by atoms with E-state index in [1.54, 1.807) is 0 Å². The molecule has 1 fully saturated rings. The zero-order valence-corrected chi connectivity index (χ0v) is 43.1. The van der Waals surface area contributed by atoms with Gasteiger partial charge in [-0.3, -0.25) is 9.35 Å². The summed E-state index contributed by atoms with van der Waals surface area (Å²) in [5.41, 5.74) is 0. The van der Waals surface area contributed by atoms with Crippen LogP contribution in [-0.2, 0) is 38.3 Å². The zero-order chi connectivity index (χ0) is 48.2. The SMILES string of the molecule is CCCCCCC/C=C\CCCCCCCC(=O)OC(COCCCCCCCCCCCCCCCCCCCCCCCCCCC)COC1OC(CO)C(O)C(OS(=O)(=O)O)C1O. The largest absolute Gasteiger partial charge is 0.457 e. The van der Waals surface area contributed by atoms with Gasteiger partial charge in [0.2, 0.25) is 0 Å². The second-order valence-electron chi connectivity index (χ2n) is 19.2. The van der Waals surface area contributed by atoms with Crippen molar-refractivity contribution in [3.63, 3.8) is 0 Å². The third kappa shape index (κ3) is 37.7. The maximum atomic E-state index is 12.9. The van der Waals surface area contributed by atoms with Crippen LogP contribution in [0.15, 0.2) is 12.2 Å². The zero-order valence-electron chi connectivity index (χ0n) is 42.3. The lowest BCUT2D eigenvalue weighted by Gasteiger charge is -2.41. The second kappa shape index (κ2) is 45.0. The lowest BCUT2D eigenvalue weighted by molar-refractivity contribution is -0.301. The van der Waals surface area contributed by atoms with Crippen molar-refractivity contribution in [3.8, 4) is 0 Å². The lowest BCUT2D eigenvalue weighted by atomic mass is 9.99. The van der Waals surface area contributed by atoms with Crippen LogP contribution in [-0.4, -0.2) is 97.5 Å². The molecular formula is C53H102O12S. The Morgan fingerprint density at radius 1 is 0.561 bits per heavy atom. The molecule has 6 unspecified atom stereocenters. The average molecular weight is 963 g/mol. The van der Waals surface area contributed by atoms with Gasteiger partial charge in [-0.15, -0.1) is 0 Å². The number of hydrogen-bond acceptors (Lipinski definition) is 11. The predicted molar refractivity (Wildman–Crippen MR) is 267 cm³/mol. The van der Waals surface area contributed by atoms with E-state index in [4.69, 9.17) is 18.9 Å². The van der Waals surface area contributed by atoms with Crippen molar-refractivity contribution in [3.05, 3.63) is 12.2 Å². The standard InChI is InChI=1S/C53H102O12S/c1-3-5-7-9-11-13-15-17-19-20-21-22-23-24-25-26-27-28-29-31-33-35-37-39-41-43-61-45-47(46-62-53-51(57)52(65-66(58,59)60)50(56)48(44-54)64-53)63-49(55)42-40-38-36-34-32-30-18-16-14-12-10-8-6-4-2/h16,18,47-48,50-54,56-57H,3-15,17,19-46H2,1-2H3,(H,58,59,60)/b18-16-. The fraction of sp³-hybridized carbons (Fsp3) is 0.943. The number of unbranched alkanes of at least 4 members (excludes halogenated alkanes) is 34. The summed E-state index contributed by atoms with van der Waals surface area (Å²) in [6, 6.07) is 0. The van der Waals surface area contributed by atoms with Crippen molar-refractivity contribution in [2.45, 2.75) is 295 Å². The van der Waals surface area contributed by atoms with Crippen molar-refractivity contribution in [1.82, 2.24) is 0 Å². The minimum absolute atomic E-state index is 0.0389. The summed E-state index contributed by atoms with van der Waals surface area (Å²) in [4.78, 5) is 12.9. The first-order valence-corrected chi connectivity index (χ1v) is 28.8. The van der Waals surface area contributed by atoms with E-state index in [0.29, 0.717) is 13.0 Å². The number of carbonyl (C=O) groups excluding carboxylic acids is 1. The molecule has 0 spiro atoms. The van der Waals surface area contributed by atoms with Crippen LogP contribution < -0.4 is 0 Å². The Hall–Kier alpha value is -1.16. The number of aliphatic hydroxyl groups excluding tert-OH is 3. The van der Waals surface area contributed by atoms with E-state index in [2.05, 4.69) is 30.2 Å². The number of esters is 1. The van der Waals surface area contributed by atoms with Gasteiger partial charge in [0.25, 0.3) is 0 Å². The molecule has 1 rings (SSSR count). The molecular weight excluding hydrogens is 861 g/mol. The molecule has 13 heteroatoms. The Bertz CT molecular complexity index is 1200. The van der Waals surface area contributed by atoms with Crippen LogP contribution in [0, 0.1) is 0 Å². The van der Waals surface area contributed by atoms with Gasteiger partial charge in [0.1, 0.15) is 30.5 Å². The minimum Gasteiger partial charge on any atom is -0.457 e. The van der Waals surface area contributed by atoms with Crippen LogP contribution in [0.4, 0.5) is 0 Å². The first-order chi connectivity index (χ1) is 32.1. The van der Waals surface area contributed by atoms with Crippen LogP contribution in [0.3, 0.4) is 0 Å². The Balaban J connectivity index is 2.27. The molecule has 0 amide bonds. The molecule has 1 heterocycles. The Kier molecular flexibility index (Phi) is 42.9. The smallest absolute Gasteiger partial charge is 0.397 e. The molecule has 66 heavy (non-hydrogen) atoms. The van der Waals surface area contributed by atoms with E-state index in [1.807, 2.05) is 0 Å². The topological polar surface area (TPSA) is 178 Å². The van der Waals surface area contributed by atoms with E-state index in [0.717, 1.165) is 57.8 Å². The third-order valence-electron chi connectivity index (χ3n) is 12.9. The first kappa shape index (κ1) is 62.9. The van der Waals surface area contributed by atoms with Gasteiger partial charge in [0.05, 0.1) is 19.8 Å². The van der Waals surface area contributed by atoms with E-state index in [9.17, 15) is 33.1 Å². The molecule has 0 aromatic carbocycles. The van der Waals surface area contributed by atoms with Gasteiger partial charge < -0.3 is 34.3 Å². The van der Waals surface area contributed by atoms with Crippen molar-refractivity contribution in [2.75, 3.05) is 26.4 Å². The van der Waals surface area contributed by atoms with E-state index in [-0.39, 0.29) is 19.6 Å². The fourth-order valence-corrected chi connectivity index (χ4v) is 9.24. The van der Waals surface area contributed by atoms with Crippen molar-refractivity contribution in [2.24, 2.45) is 0 Å². The summed E-state index contributed by atoms with van der Waals surface area (Å²) < 4.78 is 59.3. The van der Waals surface area contributed by atoms with Gasteiger partial charge in [0.15, 0.2) is 6.29 Å². The van der Waals surface area contributed by atoms with Crippen molar-refractivity contribution < 1.29 is 56.2 Å². The van der Waals surface area contributed by atoms with Gasteiger partial charge >= 0.3 is 16.4 Å². The number of hydrogen-bond donors (Lipinski definition) is 4. The van der Waals surface area contributed by atoms with Gasteiger partial charge in [-0.25, -0.2) is 4.18 Å². The Labute approximate surface area is 404 Å². The highest BCUT2D eigenvalue weighted by atomic mass is 32.3. The summed E-state index contributed by atoms with van der Waals surface area (Å²) >= 11 is 0. The molecule has 0 saturated carbocycles. The molecule has 0 bridgehead atoms. The maximum Gasteiger partial charge on any atom is 0.397 e. The summed E-state index contributed by atoms with van der Waals surface area (Å²) in [5, 5.41) is 30.8. The van der Waals surface area contributed by atoms with E-state index in [1.165, 1.54) is 173 Å². The van der Waals surface area contributed by atoms with Crippen molar-refractivity contribution >= 4 is 16.4 Å². The highest BCUT2D eigenvalue weighted by Gasteiger charge is 2.48. The van der Waals surface area contributed by atoms with E-state index >= 15 is 0 Å². The third-order valence-corrected chi connectivity index (χ3v) is 13.4. The normalized spacial score (nSPS) is 19.5. The number of carbonyl (C=O) groups is 1. The Morgan fingerprint density at radius 2 is 0.955 bits per heavy atom. The van der Waals surface area contributed by atoms with Gasteiger partial charge in [-0.1, -0.05) is 225 Å². The average Bonchev–Trinajstić information content (AvgIpc) is 3.29. The molecule has 6 atom stereocenters. The molecule has 12 nitrogen and oxygen atoms in total. The summed E-state index contributed by atoms with van der Waals surface area (Å²) in [7, 11) is -5.06. The van der Waals surface area contributed by atoms with Gasteiger partial charge in [0, 0.05) is 13.0 Å². The minimum atomic E-state index is -5.06.